The molecule has 0 saturated heterocycles. The van der Waals surface area contributed by atoms with E-state index in [-0.39, 0.29) is 20.9 Å². The molecule has 2 N–H and O–H groups in total. The second-order valence-corrected chi connectivity index (χ2v) is 6.46. The van der Waals surface area contributed by atoms with Crippen molar-refractivity contribution in [2.75, 3.05) is 17.1 Å². The van der Waals surface area contributed by atoms with Crippen molar-refractivity contribution in [3.05, 3.63) is 46.6 Å². The van der Waals surface area contributed by atoms with Gasteiger partial charge in [-0.25, -0.2) is 22.2 Å². The van der Waals surface area contributed by atoms with E-state index in [9.17, 15) is 17.2 Å². The highest BCUT2D eigenvalue weighted by Crippen LogP contribution is 2.30. The highest BCUT2D eigenvalue weighted by atomic mass is 79.9. The lowest BCUT2D eigenvalue weighted by molar-refractivity contribution is 0.581. The highest BCUT2D eigenvalue weighted by Gasteiger charge is 2.22. The lowest BCUT2D eigenvalue weighted by Gasteiger charge is -2.13. The molecule has 21 heavy (non-hydrogen) atoms. The molecule has 1 heterocycles. The molecule has 9 heteroatoms. The number of nitrogens with zero attached hydrogens (tertiary/aromatic N) is 1. The van der Waals surface area contributed by atoms with Crippen molar-refractivity contribution in [1.29, 1.82) is 0 Å². The van der Waals surface area contributed by atoms with Gasteiger partial charge in [0.2, 0.25) is 0 Å². The first-order chi connectivity index (χ1) is 9.85. The molecule has 0 aliphatic carbocycles. The monoisotopic (exact) mass is 377 g/mol. The Morgan fingerprint density at radius 1 is 1.29 bits per heavy atom. The molecule has 0 bridgehead atoms. The summed E-state index contributed by atoms with van der Waals surface area (Å²) in [5, 5.41) is 2.63. The normalized spacial score (nSPS) is 11.2. The lowest BCUT2D eigenvalue weighted by atomic mass is 10.3. The molecule has 0 atom stereocenters. The summed E-state index contributed by atoms with van der Waals surface area (Å²) in [7, 11) is -2.57. The zero-order valence-electron chi connectivity index (χ0n) is 10.7. The molecule has 2 rings (SSSR count). The van der Waals surface area contributed by atoms with Crippen LogP contribution >= 0.6 is 15.9 Å². The van der Waals surface area contributed by atoms with Crippen LogP contribution in [0.15, 0.2) is 39.8 Å². The Morgan fingerprint density at radius 3 is 2.62 bits per heavy atom. The maximum Gasteiger partial charge on any atom is 0.265 e. The molecular formula is C12H10BrF2N3O2S. The minimum absolute atomic E-state index is 0.0431. The van der Waals surface area contributed by atoms with Crippen LogP contribution in [0.2, 0.25) is 0 Å². The number of sulfonamides is 1. The number of pyridine rings is 1. The number of hydrogen-bond acceptors (Lipinski definition) is 4. The molecule has 0 spiro atoms. The molecule has 0 saturated carbocycles. The molecule has 0 aliphatic heterocycles. The van der Waals surface area contributed by atoms with Crippen LogP contribution in [0.4, 0.5) is 20.3 Å². The molecule has 1 aromatic carbocycles. The standard InChI is InChI=1S/C12H10BrF2N3O2S/c1-16-12-10(3-2-4-17-12)21(19,20)18-11-8(13)5-7(14)6-9(11)15/h2-6,18H,1H3,(H,16,17). The van der Waals surface area contributed by atoms with Gasteiger partial charge < -0.3 is 5.32 Å². The van der Waals surface area contributed by atoms with Gasteiger partial charge in [0.15, 0.2) is 5.82 Å². The Morgan fingerprint density at radius 2 is 2.00 bits per heavy atom. The average Bonchev–Trinajstić information content (AvgIpc) is 2.43. The van der Waals surface area contributed by atoms with Crippen LogP contribution in [0.3, 0.4) is 0 Å². The summed E-state index contributed by atoms with van der Waals surface area (Å²) >= 11 is 2.92. The smallest absolute Gasteiger partial charge is 0.265 e. The van der Waals surface area contributed by atoms with E-state index in [4.69, 9.17) is 0 Å². The third-order valence-electron chi connectivity index (χ3n) is 2.54. The van der Waals surface area contributed by atoms with Crippen LogP contribution in [-0.4, -0.2) is 20.4 Å². The Hall–Kier alpha value is -1.74. The van der Waals surface area contributed by atoms with Gasteiger partial charge in [0.1, 0.15) is 16.5 Å². The summed E-state index contributed by atoms with van der Waals surface area (Å²) in [6.07, 6.45) is 1.42. The molecule has 0 fully saturated rings. The van der Waals surface area contributed by atoms with Crippen LogP contribution in [0.25, 0.3) is 0 Å². The third kappa shape index (κ3) is 3.30. The molecule has 0 radical (unpaired) electrons. The Bertz CT molecular complexity index is 761. The number of rotatable bonds is 4. The van der Waals surface area contributed by atoms with Crippen molar-refractivity contribution in [1.82, 2.24) is 4.98 Å². The maximum atomic E-state index is 13.7. The number of anilines is 2. The van der Waals surface area contributed by atoms with Gasteiger partial charge in [-0.05, 0) is 34.1 Å². The first-order valence-electron chi connectivity index (χ1n) is 5.65. The summed E-state index contributed by atoms with van der Waals surface area (Å²) in [4.78, 5) is 3.72. The zero-order valence-corrected chi connectivity index (χ0v) is 13.1. The molecule has 5 nitrogen and oxygen atoms in total. The van der Waals surface area contributed by atoms with Crippen molar-refractivity contribution < 1.29 is 17.2 Å². The van der Waals surface area contributed by atoms with Gasteiger partial charge in [0, 0.05) is 23.8 Å². The lowest BCUT2D eigenvalue weighted by Crippen LogP contribution is -2.16. The van der Waals surface area contributed by atoms with Crippen LogP contribution in [0.1, 0.15) is 0 Å². The maximum absolute atomic E-state index is 13.7. The van der Waals surface area contributed by atoms with E-state index in [1.807, 2.05) is 0 Å². The van der Waals surface area contributed by atoms with Gasteiger partial charge in [0.05, 0.1) is 5.69 Å². The highest BCUT2D eigenvalue weighted by molar-refractivity contribution is 9.10. The van der Waals surface area contributed by atoms with Crippen molar-refractivity contribution in [2.24, 2.45) is 0 Å². The van der Waals surface area contributed by atoms with Gasteiger partial charge >= 0.3 is 0 Å². The molecule has 0 unspecified atom stereocenters. The third-order valence-corrected chi connectivity index (χ3v) is 4.55. The van der Waals surface area contributed by atoms with Crippen molar-refractivity contribution in [3.63, 3.8) is 0 Å². The van der Waals surface area contributed by atoms with Crippen molar-refractivity contribution in [2.45, 2.75) is 4.90 Å². The van der Waals surface area contributed by atoms with Crippen LogP contribution in [-0.2, 0) is 10.0 Å². The van der Waals surface area contributed by atoms with E-state index < -0.39 is 21.7 Å². The van der Waals surface area contributed by atoms with Crippen LogP contribution in [0.5, 0.6) is 0 Å². The Balaban J connectivity index is 2.48. The summed E-state index contributed by atoms with van der Waals surface area (Å²) in [5.41, 5.74) is -0.373. The minimum Gasteiger partial charge on any atom is -0.372 e. The van der Waals surface area contributed by atoms with E-state index in [1.54, 1.807) is 0 Å². The number of halogens is 3. The molecule has 1 aromatic heterocycles. The van der Waals surface area contributed by atoms with E-state index in [1.165, 1.54) is 25.4 Å². The minimum atomic E-state index is -4.08. The quantitative estimate of drug-likeness (QED) is 0.858. The first kappa shape index (κ1) is 15.6. The number of hydrogen-bond donors (Lipinski definition) is 2. The molecule has 112 valence electrons. The molecular weight excluding hydrogens is 368 g/mol. The zero-order chi connectivity index (χ0) is 15.6. The predicted molar refractivity (Wildman–Crippen MR) is 78.7 cm³/mol. The summed E-state index contributed by atoms with van der Waals surface area (Å²) in [6, 6.07) is 4.30. The summed E-state index contributed by atoms with van der Waals surface area (Å²) in [5.74, 6) is -1.73. The topological polar surface area (TPSA) is 71.1 Å². The van der Waals surface area contributed by atoms with Crippen molar-refractivity contribution in [3.8, 4) is 0 Å². The number of nitrogens with one attached hydrogen (secondary N) is 2. The fourth-order valence-electron chi connectivity index (χ4n) is 1.62. The molecule has 2 aromatic rings. The number of benzene rings is 1. The second-order valence-electron chi connectivity index (χ2n) is 3.95. The van der Waals surface area contributed by atoms with E-state index in [2.05, 4.69) is 31.0 Å². The van der Waals surface area contributed by atoms with Gasteiger partial charge in [0.25, 0.3) is 10.0 Å². The SMILES string of the molecule is CNc1ncccc1S(=O)(=O)Nc1c(F)cc(F)cc1Br. The number of aromatic nitrogens is 1. The van der Waals surface area contributed by atoms with Gasteiger partial charge in [-0.3, -0.25) is 4.72 Å². The largest absolute Gasteiger partial charge is 0.372 e. The first-order valence-corrected chi connectivity index (χ1v) is 7.93. The van der Waals surface area contributed by atoms with Gasteiger partial charge in [-0.1, -0.05) is 0 Å². The van der Waals surface area contributed by atoms with E-state index >= 15 is 0 Å². The summed E-state index contributed by atoms with van der Waals surface area (Å²) in [6.45, 7) is 0. The van der Waals surface area contributed by atoms with Crippen molar-refractivity contribution >= 4 is 37.5 Å². The average molecular weight is 378 g/mol. The van der Waals surface area contributed by atoms with Crippen LogP contribution < -0.4 is 10.0 Å². The Kier molecular flexibility index (Phi) is 4.43. The summed E-state index contributed by atoms with van der Waals surface area (Å²) < 4.78 is 53.4. The predicted octanol–water partition coefficient (Wildman–Crippen LogP) is 2.96. The fourth-order valence-corrected chi connectivity index (χ4v) is 3.52. The van der Waals surface area contributed by atoms with Gasteiger partial charge in [-0.2, -0.15) is 0 Å². The Labute approximate surface area is 128 Å². The second kappa shape index (κ2) is 5.94. The van der Waals surface area contributed by atoms with E-state index in [0.717, 1.165) is 6.07 Å². The molecule has 0 amide bonds. The van der Waals surface area contributed by atoms with E-state index in [0.29, 0.717) is 6.07 Å². The van der Waals surface area contributed by atoms with Crippen LogP contribution in [0, 0.1) is 11.6 Å². The molecule has 0 aliphatic rings. The fraction of sp³-hybridized carbons (Fsp3) is 0.0833. The van der Waals surface area contributed by atoms with Gasteiger partial charge in [-0.15, -0.1) is 0 Å².